The van der Waals surface area contributed by atoms with Crippen LogP contribution in [0.15, 0.2) is 71.8 Å². The van der Waals surface area contributed by atoms with Crippen molar-refractivity contribution in [2.75, 3.05) is 6.26 Å². The molecule has 2 aromatic carbocycles. The van der Waals surface area contributed by atoms with E-state index in [9.17, 15) is 14.0 Å². The van der Waals surface area contributed by atoms with Crippen molar-refractivity contribution in [3.63, 3.8) is 0 Å². The third-order valence-corrected chi connectivity index (χ3v) is 6.66. The number of thioether (sulfide) groups is 1. The van der Waals surface area contributed by atoms with Crippen molar-refractivity contribution in [3.8, 4) is 11.6 Å². The summed E-state index contributed by atoms with van der Waals surface area (Å²) in [5, 5.41) is 2.95. The van der Waals surface area contributed by atoms with Gasteiger partial charge in [0, 0.05) is 10.9 Å². The molecule has 3 aromatic rings. The zero-order valence-corrected chi connectivity index (χ0v) is 20.2. The first-order chi connectivity index (χ1) is 17.0. The Morgan fingerprint density at radius 3 is 2.57 bits per heavy atom. The van der Waals surface area contributed by atoms with Gasteiger partial charge in [-0.2, -0.15) is 0 Å². The number of benzene rings is 2. The van der Waals surface area contributed by atoms with Gasteiger partial charge in [-0.3, -0.25) is 9.59 Å². The standard InChI is InChI=1S/C27H27FN2O4S/c1-35-23-9-5-8-22(15-23)34-26-24(14-20(28)16-29-26)25(31)30-21-12-10-19(11-13-21)27(32)33-17-18-6-3-2-4-7-18/h2-9,14-16,19,21H,10-13,17H2,1H3,(H,30,31). The lowest BCUT2D eigenvalue weighted by molar-refractivity contribution is -0.151. The average molecular weight is 495 g/mol. The van der Waals surface area contributed by atoms with Crippen molar-refractivity contribution in [1.29, 1.82) is 0 Å². The van der Waals surface area contributed by atoms with Crippen LogP contribution in [-0.2, 0) is 16.1 Å². The summed E-state index contributed by atoms with van der Waals surface area (Å²) in [6.45, 7) is 0.255. The molecule has 0 aliphatic heterocycles. The number of carbonyl (C=O) groups excluding carboxylic acids is 2. The number of pyridine rings is 1. The van der Waals surface area contributed by atoms with E-state index in [4.69, 9.17) is 9.47 Å². The molecule has 1 fully saturated rings. The van der Waals surface area contributed by atoms with Crippen molar-refractivity contribution >= 4 is 23.6 Å². The minimum Gasteiger partial charge on any atom is -0.461 e. The van der Waals surface area contributed by atoms with Gasteiger partial charge in [0.25, 0.3) is 5.91 Å². The van der Waals surface area contributed by atoms with Crippen LogP contribution in [0.4, 0.5) is 4.39 Å². The van der Waals surface area contributed by atoms with E-state index in [2.05, 4.69) is 10.3 Å². The minimum absolute atomic E-state index is 0.0314. The molecule has 1 aliphatic rings. The first-order valence-electron chi connectivity index (χ1n) is 11.5. The predicted octanol–water partition coefficient (Wildman–Crippen LogP) is 5.77. The van der Waals surface area contributed by atoms with E-state index in [1.165, 1.54) is 0 Å². The van der Waals surface area contributed by atoms with Crippen molar-refractivity contribution in [2.45, 2.75) is 43.2 Å². The van der Waals surface area contributed by atoms with E-state index in [1.807, 2.05) is 54.8 Å². The van der Waals surface area contributed by atoms with Gasteiger partial charge >= 0.3 is 5.97 Å². The van der Waals surface area contributed by atoms with Gasteiger partial charge in [-0.05, 0) is 61.8 Å². The van der Waals surface area contributed by atoms with Crippen LogP contribution in [-0.4, -0.2) is 29.2 Å². The Kier molecular flexibility index (Phi) is 8.36. The molecule has 4 rings (SSSR count). The van der Waals surface area contributed by atoms with Crippen molar-refractivity contribution in [2.24, 2.45) is 5.92 Å². The number of aromatic nitrogens is 1. The first kappa shape index (κ1) is 24.7. The number of nitrogens with one attached hydrogen (secondary N) is 1. The topological polar surface area (TPSA) is 77.5 Å². The quantitative estimate of drug-likeness (QED) is 0.317. The van der Waals surface area contributed by atoms with Gasteiger partial charge < -0.3 is 14.8 Å². The number of hydrogen-bond donors (Lipinski definition) is 1. The highest BCUT2D eigenvalue weighted by Gasteiger charge is 2.29. The van der Waals surface area contributed by atoms with Gasteiger partial charge in [0.15, 0.2) is 0 Å². The molecule has 0 saturated heterocycles. The fourth-order valence-electron chi connectivity index (χ4n) is 4.03. The number of esters is 1. The zero-order valence-electron chi connectivity index (χ0n) is 19.4. The molecule has 0 radical (unpaired) electrons. The Morgan fingerprint density at radius 2 is 1.83 bits per heavy atom. The van der Waals surface area contributed by atoms with Gasteiger partial charge in [0.2, 0.25) is 5.88 Å². The van der Waals surface area contributed by atoms with E-state index in [0.29, 0.717) is 31.4 Å². The van der Waals surface area contributed by atoms with Gasteiger partial charge in [-0.15, -0.1) is 11.8 Å². The maximum absolute atomic E-state index is 13.9. The molecule has 1 aromatic heterocycles. The summed E-state index contributed by atoms with van der Waals surface area (Å²) >= 11 is 1.56. The molecule has 8 heteroatoms. The van der Waals surface area contributed by atoms with E-state index in [1.54, 1.807) is 17.8 Å². The van der Waals surface area contributed by atoms with Crippen LogP contribution in [0.25, 0.3) is 0 Å². The van der Waals surface area contributed by atoms with Crippen LogP contribution in [0.3, 0.4) is 0 Å². The van der Waals surface area contributed by atoms with E-state index < -0.39 is 11.7 Å². The van der Waals surface area contributed by atoms with Gasteiger partial charge in [0.05, 0.1) is 12.1 Å². The van der Waals surface area contributed by atoms with E-state index >= 15 is 0 Å². The molecule has 1 heterocycles. The molecular formula is C27H27FN2O4S. The monoisotopic (exact) mass is 494 g/mol. The summed E-state index contributed by atoms with van der Waals surface area (Å²) in [5.41, 5.74) is 0.979. The molecule has 0 atom stereocenters. The van der Waals surface area contributed by atoms with E-state index in [0.717, 1.165) is 22.7 Å². The number of rotatable bonds is 8. The minimum atomic E-state index is -0.620. The number of amides is 1. The van der Waals surface area contributed by atoms with Crippen LogP contribution < -0.4 is 10.1 Å². The third kappa shape index (κ3) is 6.82. The SMILES string of the molecule is CSc1cccc(Oc2ncc(F)cc2C(=O)NC2CCC(C(=O)OCc3ccccc3)CC2)c1. The highest BCUT2D eigenvalue weighted by molar-refractivity contribution is 7.98. The van der Waals surface area contributed by atoms with Crippen molar-refractivity contribution < 1.29 is 23.5 Å². The third-order valence-electron chi connectivity index (χ3n) is 5.94. The van der Waals surface area contributed by atoms with Crippen molar-refractivity contribution in [3.05, 3.63) is 83.8 Å². The summed E-state index contributed by atoms with van der Waals surface area (Å²) in [6.07, 6.45) is 5.47. The molecular weight excluding hydrogens is 467 g/mol. The smallest absolute Gasteiger partial charge is 0.309 e. The molecule has 1 aliphatic carbocycles. The Balaban J connectivity index is 1.33. The fourth-order valence-corrected chi connectivity index (χ4v) is 4.48. The fraction of sp³-hybridized carbons (Fsp3) is 0.296. The Morgan fingerprint density at radius 1 is 1.06 bits per heavy atom. The normalized spacial score (nSPS) is 17.4. The highest BCUT2D eigenvalue weighted by Crippen LogP contribution is 2.29. The molecule has 0 spiro atoms. The van der Waals surface area contributed by atoms with Gasteiger partial charge in [-0.25, -0.2) is 9.37 Å². The number of nitrogens with zero attached hydrogens (tertiary/aromatic N) is 1. The molecule has 182 valence electrons. The average Bonchev–Trinajstić information content (AvgIpc) is 2.89. The Labute approximate surface area is 208 Å². The molecule has 1 saturated carbocycles. The first-order valence-corrected chi connectivity index (χ1v) is 12.7. The Bertz CT molecular complexity index is 1170. The summed E-state index contributed by atoms with van der Waals surface area (Å²) in [6, 6.07) is 17.9. The van der Waals surface area contributed by atoms with Gasteiger partial charge in [-0.1, -0.05) is 36.4 Å². The highest BCUT2D eigenvalue weighted by atomic mass is 32.2. The zero-order chi connectivity index (χ0) is 24.6. The van der Waals surface area contributed by atoms with Crippen LogP contribution in [0, 0.1) is 11.7 Å². The maximum atomic E-state index is 13.9. The lowest BCUT2D eigenvalue weighted by atomic mass is 9.86. The van der Waals surface area contributed by atoms with Crippen molar-refractivity contribution in [1.82, 2.24) is 10.3 Å². The number of carbonyl (C=O) groups is 2. The Hall–Kier alpha value is -3.39. The van der Waals surface area contributed by atoms with Crippen LogP contribution in [0.2, 0.25) is 0 Å². The summed E-state index contributed by atoms with van der Waals surface area (Å²) < 4.78 is 25.2. The van der Waals surface area contributed by atoms with Crippen LogP contribution in [0.5, 0.6) is 11.6 Å². The summed E-state index contributed by atoms with van der Waals surface area (Å²) in [5.74, 6) is -0.922. The van der Waals surface area contributed by atoms with Gasteiger partial charge in [0.1, 0.15) is 23.7 Å². The number of hydrogen-bond acceptors (Lipinski definition) is 6. The molecule has 35 heavy (non-hydrogen) atoms. The molecule has 0 unspecified atom stereocenters. The van der Waals surface area contributed by atoms with Crippen LogP contribution in [0.1, 0.15) is 41.6 Å². The maximum Gasteiger partial charge on any atom is 0.309 e. The molecule has 1 amide bonds. The largest absolute Gasteiger partial charge is 0.461 e. The summed E-state index contributed by atoms with van der Waals surface area (Å²) in [4.78, 5) is 30.4. The van der Waals surface area contributed by atoms with E-state index in [-0.39, 0.29) is 36.0 Å². The second-order valence-electron chi connectivity index (χ2n) is 8.40. The lowest BCUT2D eigenvalue weighted by Gasteiger charge is -2.28. The number of ether oxygens (including phenoxy) is 2. The lowest BCUT2D eigenvalue weighted by Crippen LogP contribution is -2.39. The number of halogens is 1. The summed E-state index contributed by atoms with van der Waals surface area (Å²) in [7, 11) is 0. The second-order valence-corrected chi connectivity index (χ2v) is 9.28. The second kappa shape index (κ2) is 11.8. The van der Waals surface area contributed by atoms with Crippen LogP contribution >= 0.6 is 11.8 Å². The molecule has 0 bridgehead atoms. The molecule has 1 N–H and O–H groups in total. The predicted molar refractivity (Wildman–Crippen MR) is 132 cm³/mol. The molecule has 6 nitrogen and oxygen atoms in total.